The number of hydrogen-bond donors (Lipinski definition) is 1. The van der Waals surface area contributed by atoms with Crippen LogP contribution in [0.25, 0.3) is 0 Å². The number of hydrogen-bond acceptors (Lipinski definition) is 4. The van der Waals surface area contributed by atoms with E-state index < -0.39 is 12.1 Å². The van der Waals surface area contributed by atoms with Crippen LogP contribution in [-0.4, -0.2) is 29.1 Å². The SMILES string of the molecule is C[CH-]C(C)C(CC(O)CC)OC(=O)CC(C)=O.[Y+3]. The zero-order valence-corrected chi connectivity index (χ0v) is 14.5. The number of Topliss-reactive ketones (excluding diaryl/α,β-unsaturated/α-hetero) is 1. The van der Waals surface area contributed by atoms with E-state index in [2.05, 4.69) is 0 Å². The van der Waals surface area contributed by atoms with E-state index in [1.807, 2.05) is 27.2 Å². The molecule has 0 saturated carbocycles. The first-order chi connectivity index (χ1) is 7.90. The van der Waals surface area contributed by atoms with Gasteiger partial charge in [-0.3, -0.25) is 9.59 Å². The van der Waals surface area contributed by atoms with Crippen molar-refractivity contribution in [2.24, 2.45) is 5.92 Å². The van der Waals surface area contributed by atoms with Crippen molar-refractivity contribution >= 4 is 11.8 Å². The van der Waals surface area contributed by atoms with E-state index in [1.165, 1.54) is 6.92 Å². The Morgan fingerprint density at radius 2 is 1.94 bits per heavy atom. The van der Waals surface area contributed by atoms with Crippen molar-refractivity contribution in [1.29, 1.82) is 0 Å². The number of ether oxygens (including phenoxy) is 1. The summed E-state index contributed by atoms with van der Waals surface area (Å²) in [5, 5.41) is 9.60. The number of aliphatic hydroxyl groups excluding tert-OH is 1. The second-order valence-corrected chi connectivity index (χ2v) is 4.40. The molecule has 0 rings (SSSR count). The van der Waals surface area contributed by atoms with Gasteiger partial charge in [-0.2, -0.15) is 6.92 Å². The molecule has 0 spiro atoms. The van der Waals surface area contributed by atoms with Crippen molar-refractivity contribution in [1.82, 2.24) is 0 Å². The fourth-order valence-electron chi connectivity index (χ4n) is 1.43. The van der Waals surface area contributed by atoms with Gasteiger partial charge >= 0.3 is 38.7 Å². The van der Waals surface area contributed by atoms with Crippen molar-refractivity contribution in [2.75, 3.05) is 0 Å². The monoisotopic (exact) mass is 332 g/mol. The minimum Gasteiger partial charge on any atom is -0.464 e. The molecular formula is C13H23O4Y+2. The summed E-state index contributed by atoms with van der Waals surface area (Å²) in [6, 6.07) is 0. The predicted molar refractivity (Wildman–Crippen MR) is 65.2 cm³/mol. The quantitative estimate of drug-likeness (QED) is 0.419. The molecule has 0 saturated heterocycles. The van der Waals surface area contributed by atoms with Crippen molar-refractivity contribution in [2.45, 2.75) is 59.2 Å². The maximum atomic E-state index is 11.4. The molecule has 0 radical (unpaired) electrons. The van der Waals surface area contributed by atoms with Gasteiger partial charge in [0.1, 0.15) is 12.2 Å². The van der Waals surface area contributed by atoms with Crippen molar-refractivity contribution in [3.63, 3.8) is 0 Å². The normalized spacial score (nSPS) is 15.2. The number of carbonyl (C=O) groups is 2. The smallest absolute Gasteiger partial charge is 0.464 e. The van der Waals surface area contributed by atoms with Crippen LogP contribution in [0, 0.1) is 12.3 Å². The van der Waals surface area contributed by atoms with E-state index in [1.54, 1.807) is 0 Å². The predicted octanol–water partition coefficient (Wildman–Crippen LogP) is 1.90. The first-order valence-corrected chi connectivity index (χ1v) is 6.07. The molecule has 0 aromatic carbocycles. The van der Waals surface area contributed by atoms with Crippen molar-refractivity contribution < 1.29 is 52.1 Å². The van der Waals surface area contributed by atoms with Crippen LogP contribution in [0.1, 0.15) is 47.0 Å². The van der Waals surface area contributed by atoms with Crippen LogP contribution in [0.2, 0.25) is 0 Å². The summed E-state index contributed by atoms with van der Waals surface area (Å²) in [7, 11) is 0. The molecule has 0 bridgehead atoms. The van der Waals surface area contributed by atoms with E-state index in [4.69, 9.17) is 4.74 Å². The second-order valence-electron chi connectivity index (χ2n) is 4.40. The van der Waals surface area contributed by atoms with Gasteiger partial charge in [0.15, 0.2) is 0 Å². The molecule has 3 unspecified atom stereocenters. The molecule has 1 N–H and O–H groups in total. The summed E-state index contributed by atoms with van der Waals surface area (Å²) in [4.78, 5) is 22.2. The van der Waals surface area contributed by atoms with Gasteiger partial charge in [-0.05, 0) is 13.3 Å². The molecule has 0 aromatic heterocycles. The third-order valence-electron chi connectivity index (χ3n) is 2.76. The first-order valence-electron chi connectivity index (χ1n) is 6.07. The molecule has 0 amide bonds. The summed E-state index contributed by atoms with van der Waals surface area (Å²) >= 11 is 0. The minimum absolute atomic E-state index is 0. The largest absolute Gasteiger partial charge is 3.00 e. The Morgan fingerprint density at radius 3 is 2.33 bits per heavy atom. The maximum absolute atomic E-state index is 11.4. The van der Waals surface area contributed by atoms with Gasteiger partial charge < -0.3 is 16.3 Å². The van der Waals surface area contributed by atoms with Crippen LogP contribution in [0.5, 0.6) is 0 Å². The fourth-order valence-corrected chi connectivity index (χ4v) is 1.43. The van der Waals surface area contributed by atoms with Gasteiger partial charge in [0.25, 0.3) is 0 Å². The van der Waals surface area contributed by atoms with Crippen LogP contribution >= 0.6 is 0 Å². The molecule has 100 valence electrons. The fraction of sp³-hybridized carbons (Fsp3) is 0.769. The Morgan fingerprint density at radius 1 is 1.39 bits per heavy atom. The Bertz CT molecular complexity index is 255. The Labute approximate surface area is 135 Å². The van der Waals surface area contributed by atoms with Crippen molar-refractivity contribution in [3.8, 4) is 0 Å². The molecule has 0 heterocycles. The molecular weight excluding hydrogens is 309 g/mol. The summed E-state index contributed by atoms with van der Waals surface area (Å²) in [5.74, 6) is -0.662. The Hall–Kier alpha value is 0.204. The Balaban J connectivity index is 0. The molecule has 5 heteroatoms. The van der Waals surface area contributed by atoms with E-state index in [-0.39, 0.29) is 56.9 Å². The van der Waals surface area contributed by atoms with Crippen LogP contribution in [0.4, 0.5) is 0 Å². The standard InChI is InChI=1S/C13H23O4.Y/c1-5-9(3)12(8-11(15)6-2)17-13(16)7-10(4)14;/h5,9,11-12,15H,6-8H2,1-4H3;/q-1;+3. The second kappa shape index (κ2) is 11.1. The van der Waals surface area contributed by atoms with E-state index in [0.717, 1.165) is 0 Å². The zero-order valence-electron chi connectivity index (χ0n) is 11.7. The topological polar surface area (TPSA) is 63.6 Å². The molecule has 18 heavy (non-hydrogen) atoms. The third kappa shape index (κ3) is 9.18. The summed E-state index contributed by atoms with van der Waals surface area (Å²) in [6.07, 6.45) is 1.92. The molecule has 0 aliphatic rings. The van der Waals surface area contributed by atoms with Crippen molar-refractivity contribution in [3.05, 3.63) is 6.42 Å². The van der Waals surface area contributed by atoms with Gasteiger partial charge in [0, 0.05) is 6.42 Å². The van der Waals surface area contributed by atoms with Gasteiger partial charge in [0.2, 0.25) is 0 Å². The zero-order chi connectivity index (χ0) is 13.4. The molecule has 4 nitrogen and oxygen atoms in total. The molecule has 0 aliphatic heterocycles. The summed E-state index contributed by atoms with van der Waals surface area (Å²) in [6.45, 7) is 7.04. The summed E-state index contributed by atoms with van der Waals surface area (Å²) < 4.78 is 5.24. The van der Waals surface area contributed by atoms with Crippen LogP contribution in [-0.2, 0) is 47.0 Å². The van der Waals surface area contributed by atoms with Gasteiger partial charge in [0.05, 0.1) is 12.2 Å². The number of carbonyl (C=O) groups excluding carboxylic acids is 2. The van der Waals surface area contributed by atoms with E-state index >= 15 is 0 Å². The van der Waals surface area contributed by atoms with Gasteiger partial charge in [-0.15, -0.1) is 5.92 Å². The summed E-state index contributed by atoms with van der Waals surface area (Å²) in [5.41, 5.74) is 0. The number of esters is 1. The van der Waals surface area contributed by atoms with E-state index in [0.29, 0.717) is 12.8 Å². The number of aliphatic hydroxyl groups is 1. The van der Waals surface area contributed by atoms with Crippen LogP contribution in [0.3, 0.4) is 0 Å². The minimum atomic E-state index is -0.514. The average molecular weight is 332 g/mol. The first kappa shape index (κ1) is 20.5. The number of rotatable bonds is 8. The van der Waals surface area contributed by atoms with E-state index in [9.17, 15) is 14.7 Å². The maximum Gasteiger partial charge on any atom is 3.00 e. The average Bonchev–Trinajstić information content (AvgIpc) is 2.25. The molecule has 0 aliphatic carbocycles. The molecule has 0 aromatic rings. The van der Waals surface area contributed by atoms with Gasteiger partial charge in [-0.25, -0.2) is 0 Å². The van der Waals surface area contributed by atoms with Gasteiger partial charge in [-0.1, -0.05) is 13.8 Å². The van der Waals surface area contributed by atoms with Crippen LogP contribution < -0.4 is 0 Å². The molecule has 0 fully saturated rings. The molecule has 3 atom stereocenters. The van der Waals surface area contributed by atoms with Crippen LogP contribution in [0.15, 0.2) is 0 Å². The third-order valence-corrected chi connectivity index (χ3v) is 2.76. The number of ketones is 1. The Kier molecular flexibility index (Phi) is 12.6.